The van der Waals surface area contributed by atoms with Crippen molar-refractivity contribution in [3.63, 3.8) is 0 Å². The summed E-state index contributed by atoms with van der Waals surface area (Å²) in [4.78, 5) is 24.7. The Balaban J connectivity index is 2.69. The fourth-order valence-corrected chi connectivity index (χ4v) is 2.96. The van der Waals surface area contributed by atoms with Gasteiger partial charge in [0.05, 0.1) is 31.3 Å². The highest BCUT2D eigenvalue weighted by atomic mass is 16.5. The average Bonchev–Trinajstić information content (AvgIpc) is 2.59. The maximum atomic E-state index is 12.4. The van der Waals surface area contributed by atoms with Gasteiger partial charge in [0.1, 0.15) is 0 Å². The van der Waals surface area contributed by atoms with Gasteiger partial charge in [0.15, 0.2) is 0 Å². The number of nitrogens with one attached hydrogen (secondary N) is 2. The van der Waals surface area contributed by atoms with Gasteiger partial charge in [-0.25, -0.2) is 9.59 Å². The molecule has 0 aliphatic carbocycles. The van der Waals surface area contributed by atoms with Crippen molar-refractivity contribution >= 4 is 17.6 Å². The monoisotopic (exact) mass is 330 g/mol. The minimum atomic E-state index is -0.556. The van der Waals surface area contributed by atoms with Gasteiger partial charge >= 0.3 is 11.9 Å². The maximum Gasteiger partial charge on any atom is 0.336 e. The first-order valence-electron chi connectivity index (χ1n) is 7.57. The van der Waals surface area contributed by atoms with Gasteiger partial charge in [0, 0.05) is 24.1 Å². The van der Waals surface area contributed by atoms with Crippen molar-refractivity contribution in [2.24, 2.45) is 0 Å². The van der Waals surface area contributed by atoms with Gasteiger partial charge < -0.3 is 20.1 Å². The Morgan fingerprint density at radius 2 is 1.58 bits per heavy atom. The van der Waals surface area contributed by atoms with E-state index in [1.165, 1.54) is 14.2 Å². The molecule has 0 fully saturated rings. The Bertz CT molecular complexity index is 696. The Hall–Kier alpha value is -2.76. The van der Waals surface area contributed by atoms with Gasteiger partial charge in [-0.05, 0) is 31.5 Å². The van der Waals surface area contributed by atoms with Crippen LogP contribution in [0, 0.1) is 0 Å². The molecular formula is C18H22N2O4. The second kappa shape index (κ2) is 7.21. The van der Waals surface area contributed by atoms with E-state index >= 15 is 0 Å². The number of dihydropyridines is 1. The summed E-state index contributed by atoms with van der Waals surface area (Å²) in [5, 5.41) is 6.14. The molecule has 0 saturated carbocycles. The lowest BCUT2D eigenvalue weighted by Crippen LogP contribution is -2.32. The van der Waals surface area contributed by atoms with Crippen molar-refractivity contribution in [2.75, 3.05) is 26.6 Å². The Morgan fingerprint density at radius 3 is 2.04 bits per heavy atom. The molecule has 0 saturated heterocycles. The molecule has 2 rings (SSSR count). The molecule has 1 aromatic carbocycles. The molecule has 0 spiro atoms. The molecule has 24 heavy (non-hydrogen) atoms. The fourth-order valence-electron chi connectivity index (χ4n) is 2.96. The predicted molar refractivity (Wildman–Crippen MR) is 91.3 cm³/mol. The minimum Gasteiger partial charge on any atom is -0.466 e. The summed E-state index contributed by atoms with van der Waals surface area (Å²) in [6.45, 7) is 3.58. The Labute approximate surface area is 141 Å². The van der Waals surface area contributed by atoms with Crippen LogP contribution in [0.15, 0.2) is 46.8 Å². The van der Waals surface area contributed by atoms with E-state index in [1.807, 2.05) is 31.3 Å². The number of anilines is 1. The molecular weight excluding hydrogens is 308 g/mol. The third-order valence-corrected chi connectivity index (χ3v) is 4.08. The van der Waals surface area contributed by atoms with Gasteiger partial charge in [0.2, 0.25) is 0 Å². The van der Waals surface area contributed by atoms with Gasteiger partial charge in [-0.2, -0.15) is 0 Å². The number of hydrogen-bond donors (Lipinski definition) is 2. The van der Waals surface area contributed by atoms with Crippen molar-refractivity contribution in [1.82, 2.24) is 5.32 Å². The molecule has 6 heteroatoms. The number of ether oxygens (including phenoxy) is 2. The molecule has 0 amide bonds. The van der Waals surface area contributed by atoms with E-state index in [9.17, 15) is 9.59 Å². The van der Waals surface area contributed by atoms with Crippen molar-refractivity contribution in [3.05, 3.63) is 52.4 Å². The zero-order valence-corrected chi connectivity index (χ0v) is 14.5. The summed E-state index contributed by atoms with van der Waals surface area (Å²) in [7, 11) is 4.46. The average molecular weight is 330 g/mol. The SMILES string of the molecule is CNc1cccc(C2C(C(=O)OC)=C(C)NC(C)=C2C(=O)OC)c1. The van der Waals surface area contributed by atoms with Gasteiger partial charge in [-0.15, -0.1) is 0 Å². The molecule has 1 aliphatic rings. The van der Waals surface area contributed by atoms with Crippen molar-refractivity contribution < 1.29 is 19.1 Å². The third-order valence-electron chi connectivity index (χ3n) is 4.08. The number of esters is 2. The number of carbonyl (C=O) groups excluding carboxylic acids is 2. The summed E-state index contributed by atoms with van der Waals surface area (Å²) >= 11 is 0. The van der Waals surface area contributed by atoms with E-state index < -0.39 is 17.9 Å². The first kappa shape index (κ1) is 17.6. The van der Waals surface area contributed by atoms with E-state index in [0.717, 1.165) is 11.3 Å². The lowest BCUT2D eigenvalue weighted by molar-refractivity contribution is -0.137. The molecule has 0 radical (unpaired) electrons. The molecule has 0 bridgehead atoms. The fraction of sp³-hybridized carbons (Fsp3) is 0.333. The normalized spacial score (nSPS) is 15.0. The van der Waals surface area contributed by atoms with E-state index in [2.05, 4.69) is 10.6 Å². The molecule has 2 N–H and O–H groups in total. The standard InChI is InChI=1S/C18H22N2O4/c1-10-14(17(21)23-4)16(12-7-6-8-13(9-12)19-3)15(11(2)20-10)18(22)24-5/h6-9,16,19-20H,1-5H3. The number of methoxy groups -OCH3 is 2. The van der Waals surface area contributed by atoms with Gasteiger partial charge in [-0.3, -0.25) is 0 Å². The molecule has 6 nitrogen and oxygen atoms in total. The van der Waals surface area contributed by atoms with E-state index in [-0.39, 0.29) is 0 Å². The van der Waals surface area contributed by atoms with Gasteiger partial charge in [-0.1, -0.05) is 12.1 Å². The Kier molecular flexibility index (Phi) is 5.28. The second-order valence-corrected chi connectivity index (χ2v) is 5.49. The molecule has 1 heterocycles. The van der Waals surface area contributed by atoms with E-state index in [4.69, 9.17) is 9.47 Å². The van der Waals surface area contributed by atoms with Crippen LogP contribution in [0.2, 0.25) is 0 Å². The maximum absolute atomic E-state index is 12.4. The molecule has 0 atom stereocenters. The van der Waals surface area contributed by atoms with Crippen molar-refractivity contribution in [2.45, 2.75) is 19.8 Å². The second-order valence-electron chi connectivity index (χ2n) is 5.49. The van der Waals surface area contributed by atoms with Crippen molar-refractivity contribution in [1.29, 1.82) is 0 Å². The number of allylic oxidation sites excluding steroid dienone is 2. The van der Waals surface area contributed by atoms with Crippen molar-refractivity contribution in [3.8, 4) is 0 Å². The predicted octanol–water partition coefficient (Wildman–Crippen LogP) is 2.31. The highest BCUT2D eigenvalue weighted by Gasteiger charge is 2.37. The first-order valence-corrected chi connectivity index (χ1v) is 7.57. The lowest BCUT2D eigenvalue weighted by Gasteiger charge is -2.30. The lowest BCUT2D eigenvalue weighted by atomic mass is 9.80. The smallest absolute Gasteiger partial charge is 0.336 e. The van der Waals surface area contributed by atoms with Crippen LogP contribution >= 0.6 is 0 Å². The summed E-state index contributed by atoms with van der Waals surface area (Å²) < 4.78 is 9.88. The molecule has 1 aromatic rings. The van der Waals surface area contributed by atoms with E-state index in [1.54, 1.807) is 13.8 Å². The Morgan fingerprint density at radius 1 is 1.04 bits per heavy atom. The quantitative estimate of drug-likeness (QED) is 0.825. The topological polar surface area (TPSA) is 76.7 Å². The highest BCUT2D eigenvalue weighted by molar-refractivity contribution is 5.99. The summed E-state index contributed by atoms with van der Waals surface area (Å²) in [5.74, 6) is -1.51. The first-order chi connectivity index (χ1) is 11.4. The summed E-state index contributed by atoms with van der Waals surface area (Å²) in [6, 6.07) is 7.57. The van der Waals surface area contributed by atoms with Crippen LogP contribution < -0.4 is 10.6 Å². The molecule has 0 aromatic heterocycles. The number of hydrogen-bond acceptors (Lipinski definition) is 6. The zero-order valence-electron chi connectivity index (χ0n) is 14.5. The summed E-state index contributed by atoms with van der Waals surface area (Å²) in [5.41, 5.74) is 3.81. The van der Waals surface area contributed by atoms with Gasteiger partial charge in [0.25, 0.3) is 0 Å². The van der Waals surface area contributed by atoms with E-state index in [0.29, 0.717) is 22.5 Å². The van der Waals surface area contributed by atoms with Crippen LogP contribution in [-0.2, 0) is 19.1 Å². The largest absolute Gasteiger partial charge is 0.466 e. The van der Waals surface area contributed by atoms with Crippen LogP contribution in [0.1, 0.15) is 25.3 Å². The highest BCUT2D eigenvalue weighted by Crippen LogP contribution is 2.39. The van der Waals surface area contributed by atoms with Crippen LogP contribution in [0.5, 0.6) is 0 Å². The van der Waals surface area contributed by atoms with Crippen LogP contribution in [0.4, 0.5) is 5.69 Å². The molecule has 0 unspecified atom stereocenters. The summed E-state index contributed by atoms with van der Waals surface area (Å²) in [6.07, 6.45) is 0. The number of benzene rings is 1. The van der Waals surface area contributed by atoms with Crippen LogP contribution in [-0.4, -0.2) is 33.2 Å². The van der Waals surface area contributed by atoms with Crippen LogP contribution in [0.25, 0.3) is 0 Å². The molecule has 1 aliphatic heterocycles. The number of carbonyl (C=O) groups is 2. The van der Waals surface area contributed by atoms with Crippen LogP contribution in [0.3, 0.4) is 0 Å². The minimum absolute atomic E-state index is 0.400. The zero-order chi connectivity index (χ0) is 17.9. The number of rotatable bonds is 4. The molecule has 128 valence electrons. The third kappa shape index (κ3) is 3.13.